The third kappa shape index (κ3) is 5.28. The molecule has 0 radical (unpaired) electrons. The van der Waals surface area contributed by atoms with Gasteiger partial charge in [-0.3, -0.25) is 4.99 Å². The number of para-hydroxylation sites is 2. The second-order valence-corrected chi connectivity index (χ2v) is 7.66. The molecule has 0 saturated carbocycles. The number of nitrogens with zero attached hydrogens (tertiary/aromatic N) is 3. The fourth-order valence-electron chi connectivity index (χ4n) is 4.22. The second kappa shape index (κ2) is 9.83. The van der Waals surface area contributed by atoms with Gasteiger partial charge in [0.1, 0.15) is 5.75 Å². The number of nitrogens with one attached hydrogen (secondary N) is 2. The van der Waals surface area contributed by atoms with Crippen molar-refractivity contribution in [3.8, 4) is 5.75 Å². The Morgan fingerprint density at radius 1 is 1.22 bits per heavy atom. The van der Waals surface area contributed by atoms with Gasteiger partial charge >= 0.3 is 0 Å². The lowest BCUT2D eigenvalue weighted by molar-refractivity contribution is 0.324. The van der Waals surface area contributed by atoms with E-state index in [-0.39, 0.29) is 0 Å². The molecule has 27 heavy (non-hydrogen) atoms. The second-order valence-electron chi connectivity index (χ2n) is 7.66. The third-order valence-corrected chi connectivity index (χ3v) is 5.65. The molecule has 6 nitrogen and oxygen atoms in total. The van der Waals surface area contributed by atoms with Gasteiger partial charge in [-0.25, -0.2) is 0 Å². The first kappa shape index (κ1) is 19.8. The molecule has 0 amide bonds. The van der Waals surface area contributed by atoms with E-state index in [1.807, 2.05) is 19.2 Å². The van der Waals surface area contributed by atoms with E-state index in [4.69, 9.17) is 4.74 Å². The van der Waals surface area contributed by atoms with Gasteiger partial charge in [0.2, 0.25) is 0 Å². The third-order valence-electron chi connectivity index (χ3n) is 5.65. The zero-order valence-corrected chi connectivity index (χ0v) is 17.1. The Morgan fingerprint density at radius 3 is 2.85 bits per heavy atom. The standard InChI is InChI=1S/C21H35N5O/c1-4-11-25-12-9-17(15-25)14-23-21(22-2)24-18-10-13-26(16-18)19-7-5-6-8-20(19)27-3/h5-8,17-18H,4,9-16H2,1-3H3,(H2,22,23,24). The summed E-state index contributed by atoms with van der Waals surface area (Å²) in [7, 11) is 3.60. The highest BCUT2D eigenvalue weighted by atomic mass is 16.5. The molecule has 2 fully saturated rings. The molecule has 2 unspecified atom stereocenters. The van der Waals surface area contributed by atoms with Gasteiger partial charge in [-0.05, 0) is 50.4 Å². The van der Waals surface area contributed by atoms with Gasteiger partial charge < -0.3 is 25.2 Å². The number of benzene rings is 1. The molecule has 2 aliphatic heterocycles. The van der Waals surface area contributed by atoms with Gasteiger partial charge in [-0.15, -0.1) is 0 Å². The summed E-state index contributed by atoms with van der Waals surface area (Å²) >= 11 is 0. The molecular formula is C21H35N5O. The number of aliphatic imine (C=N–C) groups is 1. The van der Waals surface area contributed by atoms with Crippen molar-refractivity contribution in [3.63, 3.8) is 0 Å². The summed E-state index contributed by atoms with van der Waals surface area (Å²) < 4.78 is 5.51. The Hall–Kier alpha value is -1.95. The van der Waals surface area contributed by atoms with Crippen LogP contribution in [-0.2, 0) is 0 Å². The summed E-state index contributed by atoms with van der Waals surface area (Å²) in [4.78, 5) is 9.40. The van der Waals surface area contributed by atoms with Gasteiger partial charge in [0.05, 0.1) is 12.8 Å². The highest BCUT2D eigenvalue weighted by Gasteiger charge is 2.26. The van der Waals surface area contributed by atoms with Crippen molar-refractivity contribution in [1.29, 1.82) is 0 Å². The summed E-state index contributed by atoms with van der Waals surface area (Å²) in [6.45, 7) is 8.93. The van der Waals surface area contributed by atoms with E-state index in [1.165, 1.54) is 38.2 Å². The van der Waals surface area contributed by atoms with Crippen molar-refractivity contribution in [1.82, 2.24) is 15.5 Å². The summed E-state index contributed by atoms with van der Waals surface area (Å²) in [6.07, 6.45) is 3.63. The topological polar surface area (TPSA) is 52.1 Å². The molecule has 150 valence electrons. The molecule has 2 heterocycles. The van der Waals surface area contributed by atoms with Crippen LogP contribution in [0, 0.1) is 5.92 Å². The van der Waals surface area contributed by atoms with E-state index in [0.29, 0.717) is 6.04 Å². The smallest absolute Gasteiger partial charge is 0.191 e. The number of hydrogen-bond donors (Lipinski definition) is 2. The predicted octanol–water partition coefficient (Wildman–Crippen LogP) is 2.17. The van der Waals surface area contributed by atoms with Crippen LogP contribution in [0.15, 0.2) is 29.3 Å². The number of likely N-dealkylation sites (tertiary alicyclic amines) is 1. The Bertz CT molecular complexity index is 620. The molecule has 2 N–H and O–H groups in total. The molecule has 2 atom stereocenters. The average Bonchev–Trinajstić information content (AvgIpc) is 3.35. The van der Waals surface area contributed by atoms with E-state index < -0.39 is 0 Å². The molecule has 6 heteroatoms. The molecule has 0 aliphatic carbocycles. The van der Waals surface area contributed by atoms with Crippen LogP contribution >= 0.6 is 0 Å². The molecule has 2 aliphatic rings. The Morgan fingerprint density at radius 2 is 2.07 bits per heavy atom. The fraction of sp³-hybridized carbons (Fsp3) is 0.667. The monoisotopic (exact) mass is 373 g/mol. The first-order chi connectivity index (χ1) is 13.2. The first-order valence-corrected chi connectivity index (χ1v) is 10.3. The van der Waals surface area contributed by atoms with Gasteiger partial charge in [-0.1, -0.05) is 19.1 Å². The van der Waals surface area contributed by atoms with Gasteiger partial charge in [-0.2, -0.15) is 0 Å². The Kier molecular flexibility index (Phi) is 7.21. The quantitative estimate of drug-likeness (QED) is 0.567. The minimum Gasteiger partial charge on any atom is -0.495 e. The van der Waals surface area contributed by atoms with Gasteiger partial charge in [0, 0.05) is 39.3 Å². The van der Waals surface area contributed by atoms with Crippen LogP contribution in [0.4, 0.5) is 5.69 Å². The van der Waals surface area contributed by atoms with E-state index in [1.54, 1.807) is 7.11 Å². The van der Waals surface area contributed by atoms with E-state index in [9.17, 15) is 0 Å². The van der Waals surface area contributed by atoms with Crippen molar-refractivity contribution in [2.45, 2.75) is 32.2 Å². The molecule has 1 aromatic carbocycles. The van der Waals surface area contributed by atoms with Crippen LogP contribution in [0.5, 0.6) is 5.75 Å². The Balaban J connectivity index is 1.45. The maximum Gasteiger partial charge on any atom is 0.191 e. The largest absolute Gasteiger partial charge is 0.495 e. The van der Waals surface area contributed by atoms with E-state index >= 15 is 0 Å². The minimum absolute atomic E-state index is 0.404. The molecule has 0 aromatic heterocycles. The number of guanidine groups is 1. The first-order valence-electron chi connectivity index (χ1n) is 10.3. The highest BCUT2D eigenvalue weighted by molar-refractivity contribution is 5.80. The number of rotatable bonds is 7. The van der Waals surface area contributed by atoms with Crippen LogP contribution in [0.3, 0.4) is 0 Å². The highest BCUT2D eigenvalue weighted by Crippen LogP contribution is 2.30. The summed E-state index contributed by atoms with van der Waals surface area (Å²) in [5, 5.41) is 7.15. The van der Waals surface area contributed by atoms with Crippen LogP contribution in [-0.4, -0.2) is 70.3 Å². The summed E-state index contributed by atoms with van der Waals surface area (Å²) in [6, 6.07) is 8.66. The molecule has 0 spiro atoms. The minimum atomic E-state index is 0.404. The number of hydrogen-bond acceptors (Lipinski definition) is 4. The molecular weight excluding hydrogens is 338 g/mol. The van der Waals surface area contributed by atoms with Crippen molar-refractivity contribution < 1.29 is 4.74 Å². The average molecular weight is 374 g/mol. The summed E-state index contributed by atoms with van der Waals surface area (Å²) in [5.41, 5.74) is 1.18. The van der Waals surface area contributed by atoms with Crippen LogP contribution in [0.2, 0.25) is 0 Å². The maximum atomic E-state index is 5.51. The Labute approximate surface area is 164 Å². The van der Waals surface area contributed by atoms with Crippen LogP contribution < -0.4 is 20.3 Å². The van der Waals surface area contributed by atoms with Crippen molar-refractivity contribution in [3.05, 3.63) is 24.3 Å². The van der Waals surface area contributed by atoms with E-state index in [0.717, 1.165) is 43.7 Å². The van der Waals surface area contributed by atoms with Crippen molar-refractivity contribution in [2.75, 3.05) is 58.3 Å². The van der Waals surface area contributed by atoms with Crippen LogP contribution in [0.1, 0.15) is 26.2 Å². The van der Waals surface area contributed by atoms with Gasteiger partial charge in [0.15, 0.2) is 5.96 Å². The lowest BCUT2D eigenvalue weighted by atomic mass is 10.1. The van der Waals surface area contributed by atoms with E-state index in [2.05, 4.69) is 44.5 Å². The molecule has 1 aromatic rings. The lowest BCUT2D eigenvalue weighted by Gasteiger charge is -2.22. The van der Waals surface area contributed by atoms with Gasteiger partial charge in [0.25, 0.3) is 0 Å². The number of ether oxygens (including phenoxy) is 1. The SMILES string of the molecule is CCCN1CCC(CNC(=NC)NC2CCN(c3ccccc3OC)C2)C1. The molecule has 0 bridgehead atoms. The zero-order chi connectivity index (χ0) is 19.1. The number of anilines is 1. The van der Waals surface area contributed by atoms with Crippen LogP contribution in [0.25, 0.3) is 0 Å². The predicted molar refractivity (Wildman–Crippen MR) is 113 cm³/mol. The fourth-order valence-corrected chi connectivity index (χ4v) is 4.22. The normalized spacial score (nSPS) is 23.7. The maximum absolute atomic E-state index is 5.51. The lowest BCUT2D eigenvalue weighted by Crippen LogP contribution is -2.46. The van der Waals surface area contributed by atoms with Crippen molar-refractivity contribution >= 4 is 11.6 Å². The zero-order valence-electron chi connectivity index (χ0n) is 17.1. The number of methoxy groups -OCH3 is 1. The summed E-state index contributed by atoms with van der Waals surface area (Å²) in [5.74, 6) is 2.60. The molecule has 2 saturated heterocycles. The van der Waals surface area contributed by atoms with Crippen molar-refractivity contribution in [2.24, 2.45) is 10.9 Å². The molecule has 3 rings (SSSR count).